The van der Waals surface area contributed by atoms with Crippen molar-refractivity contribution in [3.8, 4) is 0 Å². The summed E-state index contributed by atoms with van der Waals surface area (Å²) in [6.45, 7) is 2.34. The lowest BCUT2D eigenvalue weighted by Gasteiger charge is -2.15. The molecule has 0 saturated carbocycles. The van der Waals surface area contributed by atoms with Crippen LogP contribution in [-0.2, 0) is 0 Å². The van der Waals surface area contributed by atoms with Gasteiger partial charge in [-0.15, -0.1) is 0 Å². The Morgan fingerprint density at radius 3 is 2.11 bits per heavy atom. The van der Waals surface area contributed by atoms with Crippen LogP contribution in [-0.4, -0.2) is 15.1 Å². The highest BCUT2D eigenvalue weighted by atomic mass is 31.1. The molecule has 0 aliphatic rings. The van der Waals surface area contributed by atoms with E-state index in [2.05, 4.69) is 79.5 Å². The molecule has 0 nitrogen and oxygen atoms in total. The van der Waals surface area contributed by atoms with Crippen LogP contribution in [0.4, 0.5) is 0 Å². The van der Waals surface area contributed by atoms with Gasteiger partial charge in [0.2, 0.25) is 0 Å². The first-order valence-corrected chi connectivity index (χ1v) is 7.92. The minimum Gasteiger partial charge on any atom is -0.0622 e. The average Bonchev–Trinajstić information content (AvgIpc) is 2.47. The van der Waals surface area contributed by atoms with E-state index in [9.17, 15) is 0 Å². The first-order chi connectivity index (χ1) is 8.86. The Bertz CT molecular complexity index is 659. The van der Waals surface area contributed by atoms with E-state index in [4.69, 9.17) is 0 Å². The minimum absolute atomic E-state index is 0. The van der Waals surface area contributed by atoms with E-state index < -0.39 is 0 Å². The van der Waals surface area contributed by atoms with Gasteiger partial charge in [0, 0.05) is 8.41 Å². The van der Waals surface area contributed by atoms with Crippen LogP contribution in [0.3, 0.4) is 0 Å². The van der Waals surface area contributed by atoms with E-state index in [-0.39, 0.29) is 16.3 Å². The van der Waals surface area contributed by atoms with Crippen LogP contribution in [0.2, 0.25) is 0 Å². The van der Waals surface area contributed by atoms with Gasteiger partial charge in [-0.25, -0.2) is 0 Å². The van der Waals surface area contributed by atoms with E-state index in [0.717, 1.165) is 0 Å². The molecule has 1 unspecified atom stereocenters. The molecular weight excluding hydrogens is 246 g/mol. The largest absolute Gasteiger partial charge is 0.0622 e. The Hall–Kier alpha value is -1.59. The number of benzene rings is 3. The average molecular weight is 261 g/mol. The van der Waals surface area contributed by atoms with Crippen molar-refractivity contribution in [3.05, 3.63) is 72.8 Å². The number of rotatable bonds is 2. The van der Waals surface area contributed by atoms with Crippen LogP contribution in [0.5, 0.6) is 0 Å². The summed E-state index contributed by atoms with van der Waals surface area (Å²) in [6, 6.07) is 26.1. The highest BCUT2D eigenvalue weighted by Gasteiger charge is 2.10. The van der Waals surface area contributed by atoms with Crippen LogP contribution in [0.25, 0.3) is 10.8 Å². The first kappa shape index (κ1) is 13.8. The predicted octanol–water partition coefficient (Wildman–Crippen LogP) is 3.52. The van der Waals surface area contributed by atoms with Gasteiger partial charge in [-0.1, -0.05) is 72.8 Å². The first-order valence-electron chi connectivity index (χ1n) is 6.13. The lowest BCUT2D eigenvalue weighted by atomic mass is 10.1. The smallest absolute Gasteiger partial charge is 0 e. The zero-order chi connectivity index (χ0) is 12.4. The SMILES string of the molecule is CP(c1ccccc1)c1cccc2ccccc12.[B]. The maximum absolute atomic E-state index is 2.34. The zero-order valence-corrected chi connectivity index (χ0v) is 11.8. The molecule has 0 N–H and O–H groups in total. The normalized spacial score (nSPS) is 11.8. The van der Waals surface area contributed by atoms with E-state index >= 15 is 0 Å². The summed E-state index contributed by atoms with van der Waals surface area (Å²) in [6.07, 6.45) is 0. The molecule has 0 aliphatic carbocycles. The van der Waals surface area contributed by atoms with Crippen molar-refractivity contribution in [3.63, 3.8) is 0 Å². The maximum atomic E-state index is 2.34. The Kier molecular flexibility index (Phi) is 4.40. The van der Waals surface area contributed by atoms with Crippen molar-refractivity contribution in [2.24, 2.45) is 0 Å². The van der Waals surface area contributed by atoms with Gasteiger partial charge in [0.25, 0.3) is 0 Å². The fourth-order valence-corrected chi connectivity index (χ4v) is 4.06. The molecule has 0 heterocycles. The highest BCUT2D eigenvalue weighted by Crippen LogP contribution is 2.31. The molecule has 3 radical (unpaired) electrons. The number of hydrogen-bond donors (Lipinski definition) is 0. The molecule has 19 heavy (non-hydrogen) atoms. The minimum atomic E-state index is -0.271. The van der Waals surface area contributed by atoms with Crippen molar-refractivity contribution >= 4 is 37.7 Å². The molecule has 0 aliphatic heterocycles. The van der Waals surface area contributed by atoms with E-state index in [1.165, 1.54) is 21.4 Å². The third-order valence-corrected chi connectivity index (χ3v) is 5.46. The molecule has 91 valence electrons. The molecule has 0 aromatic heterocycles. The summed E-state index contributed by atoms with van der Waals surface area (Å²) in [5.74, 6) is 0. The van der Waals surface area contributed by atoms with Crippen molar-refractivity contribution in [1.82, 2.24) is 0 Å². The summed E-state index contributed by atoms with van der Waals surface area (Å²) in [4.78, 5) is 0. The van der Waals surface area contributed by atoms with Crippen molar-refractivity contribution in [1.29, 1.82) is 0 Å². The maximum Gasteiger partial charge on any atom is 0 e. The molecule has 0 bridgehead atoms. The fraction of sp³-hybridized carbons (Fsp3) is 0.0588. The second-order valence-corrected chi connectivity index (χ2v) is 6.51. The zero-order valence-electron chi connectivity index (χ0n) is 11.0. The summed E-state index contributed by atoms with van der Waals surface area (Å²) >= 11 is 0. The third kappa shape index (κ3) is 2.72. The highest BCUT2D eigenvalue weighted by molar-refractivity contribution is 7.72. The molecule has 3 aromatic rings. The third-order valence-electron chi connectivity index (χ3n) is 3.27. The van der Waals surface area contributed by atoms with Crippen LogP contribution >= 0.6 is 7.92 Å². The lowest BCUT2D eigenvalue weighted by molar-refractivity contribution is 1.76. The van der Waals surface area contributed by atoms with Crippen LogP contribution < -0.4 is 10.6 Å². The quantitative estimate of drug-likeness (QED) is 0.489. The van der Waals surface area contributed by atoms with Crippen molar-refractivity contribution < 1.29 is 0 Å². The Morgan fingerprint density at radius 2 is 1.32 bits per heavy atom. The summed E-state index contributed by atoms with van der Waals surface area (Å²) in [5, 5.41) is 5.62. The van der Waals surface area contributed by atoms with E-state index in [1.54, 1.807) is 0 Å². The van der Waals surface area contributed by atoms with Crippen molar-refractivity contribution in [2.75, 3.05) is 6.66 Å². The van der Waals surface area contributed by atoms with Gasteiger partial charge < -0.3 is 0 Å². The van der Waals surface area contributed by atoms with Gasteiger partial charge in [-0.3, -0.25) is 0 Å². The molecule has 0 spiro atoms. The molecule has 0 saturated heterocycles. The van der Waals surface area contributed by atoms with Gasteiger partial charge in [-0.05, 0) is 36.0 Å². The number of fused-ring (bicyclic) bond motifs is 1. The Balaban J connectivity index is 0.00000133. The van der Waals surface area contributed by atoms with Crippen LogP contribution in [0, 0.1) is 0 Å². The summed E-state index contributed by atoms with van der Waals surface area (Å²) in [7, 11) is -0.271. The Morgan fingerprint density at radius 1 is 0.684 bits per heavy atom. The van der Waals surface area contributed by atoms with Crippen LogP contribution in [0.1, 0.15) is 0 Å². The van der Waals surface area contributed by atoms with Gasteiger partial charge in [0.1, 0.15) is 0 Å². The number of hydrogen-bond acceptors (Lipinski definition) is 0. The predicted molar refractivity (Wildman–Crippen MR) is 88.3 cm³/mol. The summed E-state index contributed by atoms with van der Waals surface area (Å²) < 4.78 is 0. The fourth-order valence-electron chi connectivity index (χ4n) is 2.29. The van der Waals surface area contributed by atoms with Gasteiger partial charge in [-0.2, -0.15) is 0 Å². The monoisotopic (exact) mass is 261 g/mol. The Labute approximate surface area is 117 Å². The topological polar surface area (TPSA) is 0 Å². The molecule has 1 atom stereocenters. The molecular formula is C17H15BP. The van der Waals surface area contributed by atoms with Gasteiger partial charge >= 0.3 is 0 Å². The van der Waals surface area contributed by atoms with E-state index in [1.807, 2.05) is 0 Å². The standard InChI is InChI=1S/C17H15P.B/c1-18(15-10-3-2-4-11-15)17-13-7-9-14-8-5-6-12-16(14)17;/h2-13H,1H3;. The molecule has 0 amide bonds. The van der Waals surface area contributed by atoms with Crippen molar-refractivity contribution in [2.45, 2.75) is 0 Å². The molecule has 0 fully saturated rings. The summed E-state index contributed by atoms with van der Waals surface area (Å²) in [5.41, 5.74) is 0. The van der Waals surface area contributed by atoms with Gasteiger partial charge in [0.15, 0.2) is 0 Å². The second-order valence-electron chi connectivity index (χ2n) is 4.39. The van der Waals surface area contributed by atoms with Gasteiger partial charge in [0.05, 0.1) is 0 Å². The molecule has 3 aromatic carbocycles. The molecule has 2 heteroatoms. The van der Waals surface area contributed by atoms with E-state index in [0.29, 0.717) is 0 Å². The molecule has 3 rings (SSSR count). The second kappa shape index (κ2) is 6.04. The lowest BCUT2D eigenvalue weighted by Crippen LogP contribution is -2.11. The van der Waals surface area contributed by atoms with Crippen LogP contribution in [0.15, 0.2) is 72.8 Å².